The van der Waals surface area contributed by atoms with Crippen LogP contribution in [0.3, 0.4) is 0 Å². The van der Waals surface area contributed by atoms with Gasteiger partial charge in [0.1, 0.15) is 17.2 Å². The van der Waals surface area contributed by atoms with Crippen molar-refractivity contribution >= 4 is 36.3 Å². The number of aryl methyl sites for hydroxylation is 1. The van der Waals surface area contributed by atoms with E-state index in [0.717, 1.165) is 16.9 Å². The van der Waals surface area contributed by atoms with Gasteiger partial charge in [0.05, 0.1) is 0 Å². The largest absolute Gasteiger partial charge is 0.383 e. The molecular formula is C14H15Cl2N3. The highest BCUT2D eigenvalue weighted by atomic mass is 35.5. The van der Waals surface area contributed by atoms with Gasteiger partial charge in [0.25, 0.3) is 0 Å². The Morgan fingerprint density at radius 2 is 1.68 bits per heavy atom. The number of pyridine rings is 1. The number of hydrogen-bond donors (Lipinski definition) is 1. The summed E-state index contributed by atoms with van der Waals surface area (Å²) >= 11 is 0. The number of hydrogen-bond acceptors (Lipinski definition) is 2. The number of benzene rings is 1. The maximum absolute atomic E-state index is 6.14. The Labute approximate surface area is 124 Å². The highest BCUT2D eigenvalue weighted by Gasteiger charge is 2.10. The summed E-state index contributed by atoms with van der Waals surface area (Å²) in [5.74, 6) is 0.690. The predicted molar refractivity (Wildman–Crippen MR) is 84.3 cm³/mol. The van der Waals surface area contributed by atoms with Crippen LogP contribution in [0.4, 0.5) is 5.82 Å². The molecule has 0 radical (unpaired) electrons. The lowest BCUT2D eigenvalue weighted by Crippen LogP contribution is -1.94. The fraction of sp³-hybridized carbons (Fsp3) is 0.0714. The molecule has 3 rings (SSSR count). The normalized spacial score (nSPS) is 9.74. The molecule has 0 aliphatic rings. The summed E-state index contributed by atoms with van der Waals surface area (Å²) < 4.78 is 1.93. The van der Waals surface area contributed by atoms with Crippen molar-refractivity contribution in [1.82, 2.24) is 9.38 Å². The van der Waals surface area contributed by atoms with Crippen LogP contribution in [0, 0.1) is 6.92 Å². The molecule has 0 unspecified atom stereocenters. The van der Waals surface area contributed by atoms with Crippen LogP contribution in [0.1, 0.15) is 5.56 Å². The maximum Gasteiger partial charge on any atom is 0.139 e. The minimum atomic E-state index is 0. The number of nitrogens with zero attached hydrogens (tertiary/aromatic N) is 2. The Kier molecular flexibility index (Phi) is 4.81. The van der Waals surface area contributed by atoms with Crippen molar-refractivity contribution in [3.63, 3.8) is 0 Å². The first-order valence-electron chi connectivity index (χ1n) is 5.55. The monoisotopic (exact) mass is 295 g/mol. The third kappa shape index (κ3) is 2.67. The van der Waals surface area contributed by atoms with Crippen molar-refractivity contribution in [1.29, 1.82) is 0 Å². The van der Waals surface area contributed by atoms with E-state index in [1.165, 1.54) is 5.56 Å². The second-order valence-corrected chi connectivity index (χ2v) is 4.15. The Hall–Kier alpha value is -1.71. The number of nitrogens with two attached hydrogens (primary N) is 1. The summed E-state index contributed by atoms with van der Waals surface area (Å²) in [5, 5.41) is 0. The number of halogens is 2. The second kappa shape index (κ2) is 5.95. The van der Waals surface area contributed by atoms with E-state index in [2.05, 4.69) is 4.98 Å². The highest BCUT2D eigenvalue weighted by molar-refractivity contribution is 5.85. The molecule has 2 aromatic heterocycles. The average molecular weight is 296 g/mol. The molecule has 1 aromatic carbocycles. The molecule has 19 heavy (non-hydrogen) atoms. The quantitative estimate of drug-likeness (QED) is 0.743. The molecule has 0 fully saturated rings. The van der Waals surface area contributed by atoms with Gasteiger partial charge >= 0.3 is 0 Å². The van der Waals surface area contributed by atoms with Gasteiger partial charge in [-0.15, -0.1) is 24.8 Å². The van der Waals surface area contributed by atoms with Gasteiger partial charge < -0.3 is 5.73 Å². The molecule has 2 heterocycles. The lowest BCUT2D eigenvalue weighted by molar-refractivity contribution is 1.16. The summed E-state index contributed by atoms with van der Waals surface area (Å²) in [4.78, 5) is 4.56. The first-order chi connectivity index (χ1) is 8.25. The van der Waals surface area contributed by atoms with Crippen LogP contribution in [0.5, 0.6) is 0 Å². The van der Waals surface area contributed by atoms with E-state index in [0.29, 0.717) is 5.82 Å². The predicted octanol–water partition coefficient (Wildman–Crippen LogP) is 3.74. The first kappa shape index (κ1) is 15.3. The SMILES string of the molecule is Cc1ccc2nc(-c3ccccc3)c(N)n2c1.Cl.Cl. The molecule has 0 amide bonds. The van der Waals surface area contributed by atoms with Crippen molar-refractivity contribution in [2.24, 2.45) is 0 Å². The minimum absolute atomic E-state index is 0. The fourth-order valence-electron chi connectivity index (χ4n) is 1.98. The molecule has 3 aromatic rings. The molecule has 0 aliphatic heterocycles. The van der Waals surface area contributed by atoms with Crippen molar-refractivity contribution < 1.29 is 0 Å². The smallest absolute Gasteiger partial charge is 0.139 e. The zero-order valence-electron chi connectivity index (χ0n) is 10.4. The van der Waals surface area contributed by atoms with Crippen LogP contribution in [0.25, 0.3) is 16.9 Å². The molecule has 0 atom stereocenters. The number of anilines is 1. The third-order valence-corrected chi connectivity index (χ3v) is 2.85. The number of aromatic nitrogens is 2. The molecular weight excluding hydrogens is 281 g/mol. The number of fused-ring (bicyclic) bond motifs is 1. The molecule has 100 valence electrons. The van der Waals surface area contributed by atoms with Gasteiger partial charge in [0.2, 0.25) is 0 Å². The van der Waals surface area contributed by atoms with Crippen LogP contribution in [-0.4, -0.2) is 9.38 Å². The topological polar surface area (TPSA) is 43.3 Å². The summed E-state index contributed by atoms with van der Waals surface area (Å²) in [6.45, 7) is 2.04. The highest BCUT2D eigenvalue weighted by Crippen LogP contribution is 2.26. The number of imidazole rings is 1. The summed E-state index contributed by atoms with van der Waals surface area (Å²) in [7, 11) is 0. The molecule has 0 bridgehead atoms. The first-order valence-corrected chi connectivity index (χ1v) is 5.55. The Morgan fingerprint density at radius 1 is 1.00 bits per heavy atom. The molecule has 2 N–H and O–H groups in total. The van der Waals surface area contributed by atoms with Gasteiger partial charge in [0, 0.05) is 11.8 Å². The average Bonchev–Trinajstić information content (AvgIpc) is 2.68. The van der Waals surface area contributed by atoms with E-state index in [1.54, 1.807) is 0 Å². The van der Waals surface area contributed by atoms with E-state index < -0.39 is 0 Å². The van der Waals surface area contributed by atoms with E-state index in [-0.39, 0.29) is 24.8 Å². The third-order valence-electron chi connectivity index (χ3n) is 2.85. The zero-order chi connectivity index (χ0) is 11.8. The maximum atomic E-state index is 6.14. The Morgan fingerprint density at radius 3 is 2.37 bits per heavy atom. The molecule has 5 heteroatoms. The van der Waals surface area contributed by atoms with Crippen LogP contribution in [0.2, 0.25) is 0 Å². The van der Waals surface area contributed by atoms with E-state index in [4.69, 9.17) is 5.73 Å². The summed E-state index contributed by atoms with van der Waals surface area (Å²) in [5.41, 5.74) is 10.1. The van der Waals surface area contributed by atoms with Gasteiger partial charge in [-0.2, -0.15) is 0 Å². The van der Waals surface area contributed by atoms with Crippen LogP contribution >= 0.6 is 24.8 Å². The minimum Gasteiger partial charge on any atom is -0.383 e. The molecule has 0 spiro atoms. The molecule has 3 nitrogen and oxygen atoms in total. The van der Waals surface area contributed by atoms with Gasteiger partial charge in [-0.25, -0.2) is 4.98 Å². The van der Waals surface area contributed by atoms with Crippen molar-refractivity contribution in [2.75, 3.05) is 5.73 Å². The Balaban J connectivity index is 0.000000902. The van der Waals surface area contributed by atoms with Crippen LogP contribution in [-0.2, 0) is 0 Å². The molecule has 0 saturated heterocycles. The van der Waals surface area contributed by atoms with Crippen LogP contribution in [0.15, 0.2) is 48.7 Å². The Bertz CT molecular complexity index is 678. The van der Waals surface area contributed by atoms with Crippen LogP contribution < -0.4 is 5.73 Å². The fourth-order valence-corrected chi connectivity index (χ4v) is 1.98. The van der Waals surface area contributed by atoms with Crippen molar-refractivity contribution in [3.8, 4) is 11.3 Å². The van der Waals surface area contributed by atoms with Gasteiger partial charge in [0.15, 0.2) is 0 Å². The molecule has 0 aliphatic carbocycles. The lowest BCUT2D eigenvalue weighted by Gasteiger charge is -1.99. The summed E-state index contributed by atoms with van der Waals surface area (Å²) in [6, 6.07) is 14.0. The zero-order valence-corrected chi connectivity index (χ0v) is 12.0. The van der Waals surface area contributed by atoms with Crippen molar-refractivity contribution in [2.45, 2.75) is 6.92 Å². The van der Waals surface area contributed by atoms with E-state index in [1.807, 2.05) is 60.0 Å². The van der Waals surface area contributed by atoms with Crippen molar-refractivity contribution in [3.05, 3.63) is 54.2 Å². The van der Waals surface area contributed by atoms with E-state index in [9.17, 15) is 0 Å². The standard InChI is InChI=1S/C14H13N3.2ClH/c1-10-7-8-12-16-13(14(15)17(12)9-10)11-5-3-2-4-6-11;;/h2-9H,15H2,1H3;2*1H. The summed E-state index contributed by atoms with van der Waals surface area (Å²) in [6.07, 6.45) is 2.00. The van der Waals surface area contributed by atoms with Gasteiger partial charge in [-0.1, -0.05) is 36.4 Å². The van der Waals surface area contributed by atoms with E-state index >= 15 is 0 Å². The van der Waals surface area contributed by atoms with Gasteiger partial charge in [-0.05, 0) is 18.6 Å². The molecule has 0 saturated carbocycles. The second-order valence-electron chi connectivity index (χ2n) is 4.15. The van der Waals surface area contributed by atoms with Gasteiger partial charge in [-0.3, -0.25) is 4.40 Å². The lowest BCUT2D eigenvalue weighted by atomic mass is 10.1. The number of rotatable bonds is 1. The number of nitrogen functional groups attached to an aromatic ring is 1.